The molecule has 0 aliphatic rings. The Hall–Kier alpha value is -3.05. The van der Waals surface area contributed by atoms with Crippen molar-refractivity contribution >= 4 is 29.3 Å². The number of anilines is 1. The molecule has 1 aromatic heterocycles. The van der Waals surface area contributed by atoms with E-state index in [-0.39, 0.29) is 5.91 Å². The summed E-state index contributed by atoms with van der Waals surface area (Å²) in [6.45, 7) is 1.84. The summed E-state index contributed by atoms with van der Waals surface area (Å²) in [5.74, 6) is 1.11. The van der Waals surface area contributed by atoms with Crippen molar-refractivity contribution in [2.24, 2.45) is 7.05 Å². The fraction of sp³-hybridized carbons (Fsp3) is 0.100. The Labute approximate surface area is 156 Å². The predicted molar refractivity (Wildman–Crippen MR) is 104 cm³/mol. The smallest absolute Gasteiger partial charge is 0.248 e. The summed E-state index contributed by atoms with van der Waals surface area (Å²) >= 11 is 6.16. The zero-order valence-corrected chi connectivity index (χ0v) is 15.2. The molecule has 2 aromatic carbocycles. The molecule has 0 aliphatic carbocycles. The second-order valence-corrected chi connectivity index (χ2v) is 6.04. The van der Waals surface area contributed by atoms with Crippen LogP contribution in [0.4, 0.5) is 5.69 Å². The van der Waals surface area contributed by atoms with Gasteiger partial charge in [-0.2, -0.15) is 5.10 Å². The second kappa shape index (κ2) is 7.89. The number of carbonyl (C=O) groups is 1. The minimum atomic E-state index is -0.263. The Kier molecular flexibility index (Phi) is 5.39. The van der Waals surface area contributed by atoms with Gasteiger partial charge in [0.1, 0.15) is 16.7 Å². The molecule has 3 rings (SSSR count). The highest BCUT2D eigenvalue weighted by molar-refractivity contribution is 6.31. The van der Waals surface area contributed by atoms with E-state index in [1.807, 2.05) is 49.4 Å². The molecule has 1 heterocycles. The van der Waals surface area contributed by atoms with Gasteiger partial charge in [-0.05, 0) is 37.3 Å². The SMILES string of the molecule is Cc1nn(C)c(Cl)c1/C=C/C(=O)Nc1cccc(Oc2ccccc2)c1. The van der Waals surface area contributed by atoms with Gasteiger partial charge in [-0.25, -0.2) is 0 Å². The Morgan fingerprint density at radius 3 is 2.58 bits per heavy atom. The molecule has 0 radical (unpaired) electrons. The van der Waals surface area contributed by atoms with Crippen molar-refractivity contribution in [2.75, 3.05) is 5.32 Å². The second-order valence-electron chi connectivity index (χ2n) is 5.68. The van der Waals surface area contributed by atoms with Gasteiger partial charge in [-0.3, -0.25) is 9.48 Å². The number of hydrogen-bond acceptors (Lipinski definition) is 3. The first-order valence-corrected chi connectivity index (χ1v) is 8.42. The van der Waals surface area contributed by atoms with E-state index in [0.717, 1.165) is 17.0 Å². The quantitative estimate of drug-likeness (QED) is 0.657. The summed E-state index contributed by atoms with van der Waals surface area (Å²) in [5.41, 5.74) is 2.13. The number of nitrogens with one attached hydrogen (secondary N) is 1. The number of para-hydroxylation sites is 1. The molecule has 0 aliphatic heterocycles. The summed E-state index contributed by atoms with van der Waals surface area (Å²) in [6, 6.07) is 16.7. The zero-order chi connectivity index (χ0) is 18.5. The maximum absolute atomic E-state index is 12.2. The van der Waals surface area contributed by atoms with E-state index in [1.165, 1.54) is 6.08 Å². The number of ether oxygens (including phenoxy) is 1. The van der Waals surface area contributed by atoms with Crippen LogP contribution in [-0.4, -0.2) is 15.7 Å². The number of amides is 1. The van der Waals surface area contributed by atoms with Crippen LogP contribution in [0, 0.1) is 6.92 Å². The average Bonchev–Trinajstić information content (AvgIpc) is 2.86. The van der Waals surface area contributed by atoms with Crippen molar-refractivity contribution in [3.8, 4) is 11.5 Å². The summed E-state index contributed by atoms with van der Waals surface area (Å²) in [4.78, 5) is 12.2. The van der Waals surface area contributed by atoms with E-state index in [0.29, 0.717) is 16.6 Å². The molecule has 0 saturated heterocycles. The monoisotopic (exact) mass is 367 g/mol. The first-order valence-electron chi connectivity index (χ1n) is 8.04. The van der Waals surface area contributed by atoms with Crippen molar-refractivity contribution in [2.45, 2.75) is 6.92 Å². The van der Waals surface area contributed by atoms with Gasteiger partial charge in [0.25, 0.3) is 0 Å². The highest BCUT2D eigenvalue weighted by atomic mass is 35.5. The summed E-state index contributed by atoms with van der Waals surface area (Å²) in [7, 11) is 1.75. The lowest BCUT2D eigenvalue weighted by Gasteiger charge is -2.08. The Morgan fingerprint density at radius 2 is 1.88 bits per heavy atom. The third-order valence-electron chi connectivity index (χ3n) is 3.68. The van der Waals surface area contributed by atoms with Crippen molar-refractivity contribution in [1.29, 1.82) is 0 Å². The first kappa shape index (κ1) is 17.8. The lowest BCUT2D eigenvalue weighted by atomic mass is 10.2. The highest BCUT2D eigenvalue weighted by Crippen LogP contribution is 2.24. The van der Waals surface area contributed by atoms with Gasteiger partial charge in [0.15, 0.2) is 0 Å². The molecule has 6 heteroatoms. The first-order chi connectivity index (χ1) is 12.5. The maximum Gasteiger partial charge on any atom is 0.248 e. The summed E-state index contributed by atoms with van der Waals surface area (Å²) < 4.78 is 7.33. The van der Waals surface area contributed by atoms with E-state index in [1.54, 1.807) is 29.9 Å². The molecule has 0 saturated carbocycles. The fourth-order valence-electron chi connectivity index (χ4n) is 2.44. The standard InChI is InChI=1S/C20H18ClN3O2/c1-14-18(20(21)24(2)23-14)11-12-19(25)22-15-7-6-10-17(13-15)26-16-8-4-3-5-9-16/h3-13H,1-2H3,(H,22,25)/b12-11+. The van der Waals surface area contributed by atoms with Crippen LogP contribution in [0.2, 0.25) is 5.15 Å². The topological polar surface area (TPSA) is 56.2 Å². The van der Waals surface area contributed by atoms with Crippen molar-refractivity contribution < 1.29 is 9.53 Å². The molecule has 26 heavy (non-hydrogen) atoms. The van der Waals surface area contributed by atoms with Crippen molar-refractivity contribution in [1.82, 2.24) is 9.78 Å². The summed E-state index contributed by atoms with van der Waals surface area (Å²) in [5, 5.41) is 7.51. The Balaban J connectivity index is 1.68. The Bertz CT molecular complexity index is 949. The van der Waals surface area contributed by atoms with Gasteiger partial charge in [-0.15, -0.1) is 0 Å². The van der Waals surface area contributed by atoms with Crippen LogP contribution in [0.25, 0.3) is 6.08 Å². The van der Waals surface area contributed by atoms with Gasteiger partial charge in [0, 0.05) is 30.4 Å². The van der Waals surface area contributed by atoms with Gasteiger partial charge in [-0.1, -0.05) is 35.9 Å². The van der Waals surface area contributed by atoms with E-state index in [9.17, 15) is 4.79 Å². The normalized spacial score (nSPS) is 10.9. The van der Waals surface area contributed by atoms with Gasteiger partial charge in [0.05, 0.1) is 5.69 Å². The van der Waals surface area contributed by atoms with Crippen molar-refractivity contribution in [3.05, 3.63) is 77.1 Å². The molecule has 132 valence electrons. The number of hydrogen-bond donors (Lipinski definition) is 1. The summed E-state index contributed by atoms with van der Waals surface area (Å²) in [6.07, 6.45) is 3.09. The van der Waals surface area contributed by atoms with Crippen LogP contribution < -0.4 is 10.1 Å². The van der Waals surface area contributed by atoms with Gasteiger partial charge >= 0.3 is 0 Å². The lowest BCUT2D eigenvalue weighted by Crippen LogP contribution is -2.07. The minimum Gasteiger partial charge on any atom is -0.457 e. The number of nitrogens with zero attached hydrogens (tertiary/aromatic N) is 2. The average molecular weight is 368 g/mol. The predicted octanol–water partition coefficient (Wildman–Crippen LogP) is 4.83. The molecular weight excluding hydrogens is 350 g/mol. The van der Waals surface area contributed by atoms with E-state index in [2.05, 4.69) is 10.4 Å². The molecule has 1 amide bonds. The van der Waals surface area contributed by atoms with E-state index >= 15 is 0 Å². The van der Waals surface area contributed by atoms with Crippen LogP contribution in [0.1, 0.15) is 11.3 Å². The van der Waals surface area contributed by atoms with Crippen LogP contribution in [-0.2, 0) is 11.8 Å². The van der Waals surface area contributed by atoms with E-state index in [4.69, 9.17) is 16.3 Å². The molecule has 0 atom stereocenters. The van der Waals surface area contributed by atoms with Crippen LogP contribution in [0.5, 0.6) is 11.5 Å². The van der Waals surface area contributed by atoms with Crippen LogP contribution in [0.15, 0.2) is 60.7 Å². The number of aromatic nitrogens is 2. The third-order valence-corrected chi connectivity index (χ3v) is 4.13. The molecule has 5 nitrogen and oxygen atoms in total. The number of carbonyl (C=O) groups excluding carboxylic acids is 1. The third kappa shape index (κ3) is 4.32. The molecule has 3 aromatic rings. The molecule has 1 N–H and O–H groups in total. The minimum absolute atomic E-state index is 0.263. The fourth-order valence-corrected chi connectivity index (χ4v) is 2.68. The van der Waals surface area contributed by atoms with Crippen molar-refractivity contribution in [3.63, 3.8) is 0 Å². The molecule has 0 unspecified atom stereocenters. The maximum atomic E-state index is 12.2. The van der Waals surface area contributed by atoms with Crippen LogP contribution >= 0.6 is 11.6 Å². The highest BCUT2D eigenvalue weighted by Gasteiger charge is 2.08. The number of rotatable bonds is 5. The Morgan fingerprint density at radius 1 is 1.15 bits per heavy atom. The number of halogens is 1. The lowest BCUT2D eigenvalue weighted by molar-refractivity contribution is -0.111. The molecular formula is C20H18ClN3O2. The van der Waals surface area contributed by atoms with Gasteiger partial charge < -0.3 is 10.1 Å². The number of aryl methyl sites for hydroxylation is 2. The van der Waals surface area contributed by atoms with Crippen LogP contribution in [0.3, 0.4) is 0 Å². The zero-order valence-electron chi connectivity index (χ0n) is 14.4. The van der Waals surface area contributed by atoms with E-state index < -0.39 is 0 Å². The number of benzene rings is 2. The largest absolute Gasteiger partial charge is 0.457 e. The molecule has 0 fully saturated rings. The molecule has 0 spiro atoms. The van der Waals surface area contributed by atoms with Gasteiger partial charge in [0.2, 0.25) is 5.91 Å². The molecule has 0 bridgehead atoms.